The summed E-state index contributed by atoms with van der Waals surface area (Å²) in [5.41, 5.74) is 2.80. The quantitative estimate of drug-likeness (QED) is 0.795. The van der Waals surface area contributed by atoms with Crippen molar-refractivity contribution in [1.82, 2.24) is 4.57 Å². The molecule has 1 amide bonds. The second-order valence-corrected chi connectivity index (χ2v) is 5.68. The van der Waals surface area contributed by atoms with E-state index in [0.29, 0.717) is 21.8 Å². The summed E-state index contributed by atoms with van der Waals surface area (Å²) in [4.78, 5) is 24.0. The van der Waals surface area contributed by atoms with Crippen LogP contribution in [0, 0.1) is 6.92 Å². The van der Waals surface area contributed by atoms with Crippen molar-refractivity contribution in [1.29, 1.82) is 0 Å². The molecule has 0 spiro atoms. The number of nitrogens with zero attached hydrogens (tertiary/aromatic N) is 1. The maximum atomic E-state index is 12.1. The standard InChI is InChI=1S/C17H15ClN2O3/c1-11-6-7-12(18)10-13(11)19-16(21)8-9-20-14-4-2-3-5-15(14)23-17(20)22/h2-7,10H,8-9H2,1H3,(H,19,21). The van der Waals surface area contributed by atoms with E-state index in [1.54, 1.807) is 30.3 Å². The number of hydrogen-bond acceptors (Lipinski definition) is 3. The molecule has 0 saturated carbocycles. The van der Waals surface area contributed by atoms with Crippen LogP contribution in [0.4, 0.5) is 5.69 Å². The number of hydrogen-bond donors (Lipinski definition) is 1. The van der Waals surface area contributed by atoms with E-state index in [9.17, 15) is 9.59 Å². The minimum absolute atomic E-state index is 0.162. The Morgan fingerprint density at radius 2 is 2.04 bits per heavy atom. The van der Waals surface area contributed by atoms with Crippen molar-refractivity contribution in [2.75, 3.05) is 5.32 Å². The van der Waals surface area contributed by atoms with Crippen molar-refractivity contribution in [3.05, 3.63) is 63.6 Å². The predicted molar refractivity (Wildman–Crippen MR) is 89.9 cm³/mol. The third-order valence-electron chi connectivity index (χ3n) is 3.61. The van der Waals surface area contributed by atoms with Gasteiger partial charge in [-0.3, -0.25) is 9.36 Å². The van der Waals surface area contributed by atoms with Gasteiger partial charge in [0.15, 0.2) is 5.58 Å². The molecule has 23 heavy (non-hydrogen) atoms. The molecule has 6 heteroatoms. The lowest BCUT2D eigenvalue weighted by Gasteiger charge is -2.09. The van der Waals surface area contributed by atoms with Gasteiger partial charge in [-0.15, -0.1) is 0 Å². The van der Waals surface area contributed by atoms with Gasteiger partial charge >= 0.3 is 5.76 Å². The smallest absolute Gasteiger partial charge is 0.408 e. The molecule has 0 aliphatic heterocycles. The van der Waals surface area contributed by atoms with Crippen LogP contribution in [0.3, 0.4) is 0 Å². The van der Waals surface area contributed by atoms with Crippen molar-refractivity contribution in [3.63, 3.8) is 0 Å². The van der Waals surface area contributed by atoms with Gasteiger partial charge in [0, 0.05) is 23.7 Å². The number of rotatable bonds is 4. The highest BCUT2D eigenvalue weighted by molar-refractivity contribution is 6.31. The highest BCUT2D eigenvalue weighted by Gasteiger charge is 2.11. The maximum Gasteiger partial charge on any atom is 0.419 e. The molecule has 3 rings (SSSR count). The highest BCUT2D eigenvalue weighted by Crippen LogP contribution is 2.20. The van der Waals surface area contributed by atoms with Crippen molar-refractivity contribution in [3.8, 4) is 0 Å². The van der Waals surface area contributed by atoms with E-state index < -0.39 is 5.76 Å². The van der Waals surface area contributed by atoms with E-state index in [-0.39, 0.29) is 18.9 Å². The number of aryl methyl sites for hydroxylation is 2. The number of carbonyl (C=O) groups excluding carboxylic acids is 1. The lowest BCUT2D eigenvalue weighted by atomic mass is 10.2. The number of amides is 1. The summed E-state index contributed by atoms with van der Waals surface area (Å²) < 4.78 is 6.60. The molecule has 1 heterocycles. The number of carbonyl (C=O) groups is 1. The summed E-state index contributed by atoms with van der Waals surface area (Å²) in [6.07, 6.45) is 0.162. The normalized spacial score (nSPS) is 10.9. The Kier molecular flexibility index (Phi) is 4.21. The second-order valence-electron chi connectivity index (χ2n) is 5.24. The summed E-state index contributed by atoms with van der Waals surface area (Å²) >= 11 is 5.94. The molecule has 0 atom stereocenters. The minimum Gasteiger partial charge on any atom is -0.408 e. The van der Waals surface area contributed by atoms with E-state index in [2.05, 4.69) is 5.32 Å². The highest BCUT2D eigenvalue weighted by atomic mass is 35.5. The lowest BCUT2D eigenvalue weighted by Crippen LogP contribution is -2.20. The van der Waals surface area contributed by atoms with Gasteiger partial charge in [0.2, 0.25) is 5.91 Å². The molecule has 118 valence electrons. The molecule has 0 bridgehead atoms. The Morgan fingerprint density at radius 3 is 2.87 bits per heavy atom. The predicted octanol–water partition coefficient (Wildman–Crippen LogP) is 3.59. The van der Waals surface area contributed by atoms with E-state index in [4.69, 9.17) is 16.0 Å². The number of fused-ring (bicyclic) bond motifs is 1. The molecule has 0 radical (unpaired) electrons. The number of oxazole rings is 1. The molecule has 1 aromatic heterocycles. The summed E-state index contributed by atoms with van der Waals surface area (Å²) in [6, 6.07) is 12.4. The minimum atomic E-state index is -0.460. The fourth-order valence-corrected chi connectivity index (χ4v) is 2.55. The van der Waals surface area contributed by atoms with Crippen LogP contribution in [-0.2, 0) is 11.3 Å². The van der Waals surface area contributed by atoms with Crippen molar-refractivity contribution >= 4 is 34.3 Å². The zero-order chi connectivity index (χ0) is 16.4. The molecule has 1 N–H and O–H groups in total. The van der Waals surface area contributed by atoms with Crippen LogP contribution < -0.4 is 11.1 Å². The van der Waals surface area contributed by atoms with E-state index in [1.807, 2.05) is 19.1 Å². The molecule has 0 aliphatic carbocycles. The Morgan fingerprint density at radius 1 is 1.26 bits per heavy atom. The largest absolute Gasteiger partial charge is 0.419 e. The average Bonchev–Trinajstić information content (AvgIpc) is 2.84. The van der Waals surface area contributed by atoms with E-state index in [0.717, 1.165) is 5.56 Å². The third kappa shape index (κ3) is 3.29. The van der Waals surface area contributed by atoms with Crippen molar-refractivity contribution in [2.45, 2.75) is 19.9 Å². The van der Waals surface area contributed by atoms with Crippen LogP contribution in [0.5, 0.6) is 0 Å². The molecule has 0 unspecified atom stereocenters. The lowest BCUT2D eigenvalue weighted by molar-refractivity contribution is -0.116. The fourth-order valence-electron chi connectivity index (χ4n) is 2.38. The first-order valence-electron chi connectivity index (χ1n) is 7.19. The van der Waals surface area contributed by atoms with Gasteiger partial charge in [0.25, 0.3) is 0 Å². The van der Waals surface area contributed by atoms with Crippen molar-refractivity contribution in [2.24, 2.45) is 0 Å². The zero-order valence-electron chi connectivity index (χ0n) is 12.5. The van der Waals surface area contributed by atoms with Crippen LogP contribution >= 0.6 is 11.6 Å². The van der Waals surface area contributed by atoms with Crippen LogP contribution in [-0.4, -0.2) is 10.5 Å². The van der Waals surface area contributed by atoms with Gasteiger partial charge in [-0.05, 0) is 36.8 Å². The van der Waals surface area contributed by atoms with Crippen LogP contribution in [0.1, 0.15) is 12.0 Å². The van der Waals surface area contributed by atoms with Crippen molar-refractivity contribution < 1.29 is 9.21 Å². The number of nitrogens with one attached hydrogen (secondary N) is 1. The summed E-state index contributed by atoms with van der Waals surface area (Å²) in [7, 11) is 0. The van der Waals surface area contributed by atoms with E-state index >= 15 is 0 Å². The Labute approximate surface area is 137 Å². The molecule has 0 saturated heterocycles. The SMILES string of the molecule is Cc1ccc(Cl)cc1NC(=O)CCn1c(=O)oc2ccccc21. The molecule has 3 aromatic rings. The summed E-state index contributed by atoms with van der Waals surface area (Å²) in [6.45, 7) is 2.14. The number of halogens is 1. The first-order chi connectivity index (χ1) is 11.0. The molecular formula is C17H15ClN2O3. The second kappa shape index (κ2) is 6.30. The van der Waals surface area contributed by atoms with Crippen LogP contribution in [0.25, 0.3) is 11.1 Å². The molecule has 0 fully saturated rings. The average molecular weight is 331 g/mol. The summed E-state index contributed by atoms with van der Waals surface area (Å²) in [5.74, 6) is -0.648. The Hall–Kier alpha value is -2.53. The zero-order valence-corrected chi connectivity index (χ0v) is 13.3. The Bertz CT molecular complexity index is 927. The Balaban J connectivity index is 1.72. The third-order valence-corrected chi connectivity index (χ3v) is 3.84. The van der Waals surface area contributed by atoms with Crippen LogP contribution in [0.15, 0.2) is 51.7 Å². The molecule has 2 aromatic carbocycles. The van der Waals surface area contributed by atoms with Gasteiger partial charge in [0.1, 0.15) is 0 Å². The maximum absolute atomic E-state index is 12.1. The van der Waals surface area contributed by atoms with E-state index in [1.165, 1.54) is 4.57 Å². The number of anilines is 1. The number of benzene rings is 2. The van der Waals surface area contributed by atoms with Crippen LogP contribution in [0.2, 0.25) is 5.02 Å². The van der Waals surface area contributed by atoms with Gasteiger partial charge in [-0.25, -0.2) is 4.79 Å². The topological polar surface area (TPSA) is 64.2 Å². The number of aromatic nitrogens is 1. The molecule has 5 nitrogen and oxygen atoms in total. The first kappa shape index (κ1) is 15.4. The van der Waals surface area contributed by atoms with Gasteiger partial charge < -0.3 is 9.73 Å². The summed E-state index contributed by atoms with van der Waals surface area (Å²) in [5, 5.41) is 3.37. The van der Waals surface area contributed by atoms with Gasteiger partial charge in [-0.1, -0.05) is 29.8 Å². The molecular weight excluding hydrogens is 316 g/mol. The monoisotopic (exact) mass is 330 g/mol. The fraction of sp³-hybridized carbons (Fsp3) is 0.176. The van der Waals surface area contributed by atoms with Gasteiger partial charge in [-0.2, -0.15) is 0 Å². The molecule has 0 aliphatic rings. The van der Waals surface area contributed by atoms with Gasteiger partial charge in [0.05, 0.1) is 5.52 Å². The first-order valence-corrected chi connectivity index (χ1v) is 7.57. The number of para-hydroxylation sites is 2.